The number of hydrogen-bond acceptors (Lipinski definition) is 2. The smallest absolute Gasteiger partial charge is 0.130 e. The van der Waals surface area contributed by atoms with Crippen LogP contribution in [0.3, 0.4) is 0 Å². The summed E-state index contributed by atoms with van der Waals surface area (Å²) in [6, 6.07) is 11.0. The van der Waals surface area contributed by atoms with Crippen LogP contribution in [0.15, 0.2) is 42.6 Å². The zero-order valence-corrected chi connectivity index (χ0v) is 8.67. The van der Waals surface area contributed by atoms with E-state index in [1.54, 1.807) is 0 Å². The third kappa shape index (κ3) is 1.55. The average Bonchev–Trinajstić information content (AvgIpc) is 2.74. The van der Waals surface area contributed by atoms with E-state index in [9.17, 15) is 0 Å². The van der Waals surface area contributed by atoms with Crippen LogP contribution in [-0.4, -0.2) is 17.7 Å². The number of nitrogens with zero attached hydrogens (tertiary/aromatic N) is 1. The molecule has 0 saturated carbocycles. The Morgan fingerprint density at radius 3 is 2.93 bits per heavy atom. The molecule has 0 spiro atoms. The molecule has 1 aromatic carbocycles. The standard InChI is InChI=1S/C13H15NO/c1-2-6-11(7-3-1)12-10-15-13-8-4-5-9-14(12)13/h1-3,5-7,9,12-13H,4,8,10H2/t12-,13-/m0/s1. The Labute approximate surface area is 90.2 Å². The molecule has 2 nitrogen and oxygen atoms in total. The SMILES string of the molecule is C1=CN2[C@H](CC1)OC[C@H]2c1ccccc1. The Morgan fingerprint density at radius 1 is 1.20 bits per heavy atom. The average molecular weight is 201 g/mol. The molecule has 78 valence electrons. The van der Waals surface area contributed by atoms with Crippen molar-refractivity contribution >= 4 is 0 Å². The molecule has 0 aromatic heterocycles. The first kappa shape index (κ1) is 8.98. The maximum Gasteiger partial charge on any atom is 0.130 e. The lowest BCUT2D eigenvalue weighted by Crippen LogP contribution is -2.29. The van der Waals surface area contributed by atoms with E-state index < -0.39 is 0 Å². The summed E-state index contributed by atoms with van der Waals surface area (Å²) in [6.45, 7) is 0.818. The van der Waals surface area contributed by atoms with Gasteiger partial charge in [-0.15, -0.1) is 0 Å². The number of benzene rings is 1. The minimum Gasteiger partial charge on any atom is -0.356 e. The highest BCUT2D eigenvalue weighted by molar-refractivity contribution is 5.21. The predicted molar refractivity (Wildman–Crippen MR) is 59.1 cm³/mol. The highest BCUT2D eigenvalue weighted by Gasteiger charge is 2.33. The second kappa shape index (κ2) is 3.70. The van der Waals surface area contributed by atoms with E-state index in [0.29, 0.717) is 12.3 Å². The van der Waals surface area contributed by atoms with Gasteiger partial charge in [-0.05, 0) is 24.6 Å². The summed E-state index contributed by atoms with van der Waals surface area (Å²) in [7, 11) is 0. The molecule has 15 heavy (non-hydrogen) atoms. The first-order valence-corrected chi connectivity index (χ1v) is 5.56. The normalized spacial score (nSPS) is 29.2. The number of ether oxygens (including phenoxy) is 1. The van der Waals surface area contributed by atoms with Gasteiger partial charge in [0.15, 0.2) is 0 Å². The van der Waals surface area contributed by atoms with E-state index in [0.717, 1.165) is 19.4 Å². The van der Waals surface area contributed by atoms with Crippen LogP contribution >= 0.6 is 0 Å². The molecule has 2 aliphatic rings. The summed E-state index contributed by atoms with van der Waals surface area (Å²) in [5.74, 6) is 0. The van der Waals surface area contributed by atoms with Gasteiger partial charge in [-0.1, -0.05) is 36.4 Å². The van der Waals surface area contributed by atoms with Gasteiger partial charge in [-0.3, -0.25) is 0 Å². The van der Waals surface area contributed by atoms with E-state index in [4.69, 9.17) is 4.74 Å². The van der Waals surface area contributed by atoms with Gasteiger partial charge in [0, 0.05) is 0 Å². The molecule has 2 aliphatic heterocycles. The van der Waals surface area contributed by atoms with Gasteiger partial charge in [0.1, 0.15) is 6.23 Å². The van der Waals surface area contributed by atoms with E-state index in [2.05, 4.69) is 47.5 Å². The largest absolute Gasteiger partial charge is 0.356 e. The molecule has 2 atom stereocenters. The molecule has 0 aliphatic carbocycles. The summed E-state index contributed by atoms with van der Waals surface area (Å²) >= 11 is 0. The van der Waals surface area contributed by atoms with Gasteiger partial charge in [0.25, 0.3) is 0 Å². The molecule has 2 heterocycles. The quantitative estimate of drug-likeness (QED) is 0.692. The molecule has 0 unspecified atom stereocenters. The van der Waals surface area contributed by atoms with Crippen LogP contribution in [0.2, 0.25) is 0 Å². The molecule has 1 saturated heterocycles. The lowest BCUT2D eigenvalue weighted by atomic mass is 10.1. The zero-order valence-electron chi connectivity index (χ0n) is 8.67. The van der Waals surface area contributed by atoms with Crippen LogP contribution in [0.4, 0.5) is 0 Å². The molecular weight excluding hydrogens is 186 g/mol. The molecule has 0 bridgehead atoms. The van der Waals surface area contributed by atoms with Crippen LogP contribution in [0, 0.1) is 0 Å². The van der Waals surface area contributed by atoms with Crippen molar-refractivity contribution in [1.82, 2.24) is 4.90 Å². The summed E-state index contributed by atoms with van der Waals surface area (Å²) < 4.78 is 5.80. The van der Waals surface area contributed by atoms with Crippen molar-refractivity contribution in [2.24, 2.45) is 0 Å². The Kier molecular flexibility index (Phi) is 2.22. The number of fused-ring (bicyclic) bond motifs is 1. The van der Waals surface area contributed by atoms with Gasteiger partial charge in [0.05, 0.1) is 12.6 Å². The van der Waals surface area contributed by atoms with Gasteiger partial charge in [-0.2, -0.15) is 0 Å². The number of rotatable bonds is 1. The van der Waals surface area contributed by atoms with Crippen LogP contribution < -0.4 is 0 Å². The van der Waals surface area contributed by atoms with Gasteiger partial charge in [0.2, 0.25) is 0 Å². The maximum atomic E-state index is 5.80. The van der Waals surface area contributed by atoms with Crippen molar-refractivity contribution in [2.45, 2.75) is 25.1 Å². The molecular formula is C13H15NO. The first-order chi connectivity index (χ1) is 7.45. The summed E-state index contributed by atoms with van der Waals surface area (Å²) in [4.78, 5) is 2.35. The Bertz CT molecular complexity index is 360. The molecule has 2 heteroatoms. The fourth-order valence-electron chi connectivity index (χ4n) is 2.39. The molecule has 0 radical (unpaired) electrons. The third-order valence-electron chi connectivity index (χ3n) is 3.18. The van der Waals surface area contributed by atoms with Gasteiger partial charge >= 0.3 is 0 Å². The van der Waals surface area contributed by atoms with Crippen LogP contribution in [0.5, 0.6) is 0 Å². The summed E-state index contributed by atoms with van der Waals surface area (Å²) in [5.41, 5.74) is 1.35. The lowest BCUT2D eigenvalue weighted by molar-refractivity contribution is 0.0427. The Morgan fingerprint density at radius 2 is 2.07 bits per heavy atom. The second-order valence-electron chi connectivity index (χ2n) is 4.12. The van der Waals surface area contributed by atoms with E-state index in [1.807, 2.05) is 0 Å². The zero-order chi connectivity index (χ0) is 10.1. The predicted octanol–water partition coefficient (Wildman–Crippen LogP) is 2.69. The van der Waals surface area contributed by atoms with Crippen LogP contribution in [-0.2, 0) is 4.74 Å². The number of hydrogen-bond donors (Lipinski definition) is 0. The maximum absolute atomic E-state index is 5.80. The van der Waals surface area contributed by atoms with Crippen molar-refractivity contribution < 1.29 is 4.74 Å². The molecule has 3 rings (SSSR count). The third-order valence-corrected chi connectivity index (χ3v) is 3.18. The monoisotopic (exact) mass is 201 g/mol. The first-order valence-electron chi connectivity index (χ1n) is 5.56. The molecule has 1 aromatic rings. The fraction of sp³-hybridized carbons (Fsp3) is 0.385. The van der Waals surface area contributed by atoms with Crippen molar-refractivity contribution in [2.75, 3.05) is 6.61 Å². The molecule has 0 amide bonds. The Balaban J connectivity index is 1.88. The summed E-state index contributed by atoms with van der Waals surface area (Å²) in [5, 5.41) is 0. The minimum atomic E-state index is 0.306. The highest BCUT2D eigenvalue weighted by Crippen LogP contribution is 2.34. The molecule has 1 fully saturated rings. The minimum absolute atomic E-state index is 0.306. The fourth-order valence-corrected chi connectivity index (χ4v) is 2.39. The van der Waals surface area contributed by atoms with E-state index in [1.165, 1.54) is 5.56 Å². The molecule has 0 N–H and O–H groups in total. The van der Waals surface area contributed by atoms with E-state index >= 15 is 0 Å². The topological polar surface area (TPSA) is 12.5 Å². The summed E-state index contributed by atoms with van der Waals surface area (Å²) in [6.07, 6.45) is 7.00. The van der Waals surface area contributed by atoms with Crippen molar-refractivity contribution in [3.05, 3.63) is 48.2 Å². The van der Waals surface area contributed by atoms with Gasteiger partial charge in [-0.25, -0.2) is 0 Å². The van der Waals surface area contributed by atoms with Crippen molar-refractivity contribution in [1.29, 1.82) is 0 Å². The second-order valence-corrected chi connectivity index (χ2v) is 4.12. The van der Waals surface area contributed by atoms with Crippen LogP contribution in [0.25, 0.3) is 0 Å². The van der Waals surface area contributed by atoms with E-state index in [-0.39, 0.29) is 0 Å². The van der Waals surface area contributed by atoms with Crippen molar-refractivity contribution in [3.63, 3.8) is 0 Å². The Hall–Kier alpha value is -1.28. The lowest BCUT2D eigenvalue weighted by Gasteiger charge is -2.29. The van der Waals surface area contributed by atoms with Gasteiger partial charge < -0.3 is 9.64 Å². The van der Waals surface area contributed by atoms with Crippen molar-refractivity contribution in [3.8, 4) is 0 Å². The van der Waals surface area contributed by atoms with Crippen LogP contribution in [0.1, 0.15) is 24.4 Å². The highest BCUT2D eigenvalue weighted by atomic mass is 16.5. The number of allylic oxidation sites excluding steroid dienone is 1.